The standard InChI is InChI=1S/C14H12F3NO2/c1-7(8-4-9(19)6-10(20)5-8)18-12-3-2-11(15)13(16)14(12)17/h2-7,18-20H,1H3. The van der Waals surface area contributed by atoms with Crippen molar-refractivity contribution in [2.45, 2.75) is 13.0 Å². The lowest BCUT2D eigenvalue weighted by atomic mass is 10.1. The first kappa shape index (κ1) is 14.0. The Labute approximate surface area is 113 Å². The molecule has 2 aromatic rings. The molecule has 20 heavy (non-hydrogen) atoms. The van der Waals surface area contributed by atoms with Crippen LogP contribution in [0.1, 0.15) is 18.5 Å². The summed E-state index contributed by atoms with van der Waals surface area (Å²) in [6.07, 6.45) is 0. The Morgan fingerprint density at radius 3 is 2.15 bits per heavy atom. The summed E-state index contributed by atoms with van der Waals surface area (Å²) in [6, 6.07) is 5.24. The van der Waals surface area contributed by atoms with Gasteiger partial charge < -0.3 is 15.5 Å². The van der Waals surface area contributed by atoms with Gasteiger partial charge in [0.1, 0.15) is 11.5 Å². The Bertz CT molecular complexity index is 626. The zero-order valence-electron chi connectivity index (χ0n) is 10.5. The lowest BCUT2D eigenvalue weighted by molar-refractivity contribution is 0.447. The van der Waals surface area contributed by atoms with Crippen LogP contribution in [0.25, 0.3) is 0 Å². The van der Waals surface area contributed by atoms with E-state index in [1.165, 1.54) is 12.1 Å². The van der Waals surface area contributed by atoms with Gasteiger partial charge in [0.2, 0.25) is 0 Å². The molecular formula is C14H12F3NO2. The van der Waals surface area contributed by atoms with Crippen molar-refractivity contribution in [2.75, 3.05) is 5.32 Å². The van der Waals surface area contributed by atoms with Gasteiger partial charge >= 0.3 is 0 Å². The predicted octanol–water partition coefficient (Wildman–Crippen LogP) is 3.69. The summed E-state index contributed by atoms with van der Waals surface area (Å²) in [7, 11) is 0. The first-order valence-corrected chi connectivity index (χ1v) is 5.81. The van der Waals surface area contributed by atoms with Gasteiger partial charge in [0, 0.05) is 12.1 Å². The maximum atomic E-state index is 13.5. The molecule has 0 aliphatic carbocycles. The van der Waals surface area contributed by atoms with Crippen LogP contribution in [0, 0.1) is 17.5 Å². The van der Waals surface area contributed by atoms with Gasteiger partial charge in [-0.05, 0) is 36.8 Å². The first-order chi connectivity index (χ1) is 9.38. The number of phenols is 2. The summed E-state index contributed by atoms with van der Waals surface area (Å²) >= 11 is 0. The molecule has 0 aliphatic heterocycles. The Morgan fingerprint density at radius 1 is 0.950 bits per heavy atom. The van der Waals surface area contributed by atoms with E-state index in [1.807, 2.05) is 0 Å². The molecule has 0 aliphatic rings. The predicted molar refractivity (Wildman–Crippen MR) is 68.1 cm³/mol. The highest BCUT2D eigenvalue weighted by Crippen LogP contribution is 2.28. The molecule has 3 N–H and O–H groups in total. The van der Waals surface area contributed by atoms with E-state index in [1.54, 1.807) is 6.92 Å². The molecule has 1 unspecified atom stereocenters. The number of hydrogen-bond donors (Lipinski definition) is 3. The maximum absolute atomic E-state index is 13.5. The van der Waals surface area contributed by atoms with Gasteiger partial charge in [0.15, 0.2) is 17.5 Å². The topological polar surface area (TPSA) is 52.5 Å². The van der Waals surface area contributed by atoms with E-state index in [0.717, 1.165) is 18.2 Å². The van der Waals surface area contributed by atoms with Crippen LogP contribution < -0.4 is 5.32 Å². The molecule has 1 atom stereocenters. The molecule has 2 rings (SSSR count). The SMILES string of the molecule is CC(Nc1ccc(F)c(F)c1F)c1cc(O)cc(O)c1. The highest BCUT2D eigenvalue weighted by atomic mass is 19.2. The second kappa shape index (κ2) is 5.32. The van der Waals surface area contributed by atoms with Gasteiger partial charge in [-0.15, -0.1) is 0 Å². The third kappa shape index (κ3) is 2.79. The summed E-state index contributed by atoms with van der Waals surface area (Å²) in [5.41, 5.74) is 0.255. The number of aromatic hydroxyl groups is 2. The first-order valence-electron chi connectivity index (χ1n) is 5.81. The third-order valence-corrected chi connectivity index (χ3v) is 2.83. The van der Waals surface area contributed by atoms with Gasteiger partial charge in [-0.2, -0.15) is 0 Å². The van der Waals surface area contributed by atoms with E-state index in [4.69, 9.17) is 0 Å². The Morgan fingerprint density at radius 2 is 1.55 bits per heavy atom. The van der Waals surface area contributed by atoms with E-state index >= 15 is 0 Å². The second-order valence-electron chi connectivity index (χ2n) is 4.37. The largest absolute Gasteiger partial charge is 0.508 e. The number of halogens is 3. The lowest BCUT2D eigenvalue weighted by Crippen LogP contribution is -2.09. The molecule has 0 amide bonds. The molecule has 0 aromatic heterocycles. The summed E-state index contributed by atoms with van der Waals surface area (Å²) < 4.78 is 39.4. The molecule has 0 fully saturated rings. The highest BCUT2D eigenvalue weighted by Gasteiger charge is 2.16. The van der Waals surface area contributed by atoms with E-state index in [0.29, 0.717) is 5.56 Å². The van der Waals surface area contributed by atoms with Crippen LogP contribution in [-0.2, 0) is 0 Å². The second-order valence-corrected chi connectivity index (χ2v) is 4.37. The minimum Gasteiger partial charge on any atom is -0.508 e. The molecule has 0 saturated carbocycles. The number of nitrogens with one attached hydrogen (secondary N) is 1. The van der Waals surface area contributed by atoms with Crippen molar-refractivity contribution < 1.29 is 23.4 Å². The van der Waals surface area contributed by atoms with Crippen LogP contribution in [0.3, 0.4) is 0 Å². The van der Waals surface area contributed by atoms with E-state index in [9.17, 15) is 23.4 Å². The number of benzene rings is 2. The van der Waals surface area contributed by atoms with Crippen LogP contribution in [0.4, 0.5) is 18.9 Å². The van der Waals surface area contributed by atoms with Crippen molar-refractivity contribution in [3.63, 3.8) is 0 Å². The average molecular weight is 283 g/mol. The Hall–Kier alpha value is -2.37. The fourth-order valence-corrected chi connectivity index (χ4v) is 1.82. The van der Waals surface area contributed by atoms with Gasteiger partial charge in [-0.25, -0.2) is 13.2 Å². The molecule has 106 valence electrons. The number of hydrogen-bond acceptors (Lipinski definition) is 3. The van der Waals surface area contributed by atoms with E-state index in [-0.39, 0.29) is 17.2 Å². The fraction of sp³-hybridized carbons (Fsp3) is 0.143. The lowest BCUT2D eigenvalue weighted by Gasteiger charge is -2.17. The normalized spacial score (nSPS) is 12.2. The Kier molecular flexibility index (Phi) is 3.74. The van der Waals surface area contributed by atoms with Crippen LogP contribution in [0.5, 0.6) is 11.5 Å². The minimum atomic E-state index is -1.55. The van der Waals surface area contributed by atoms with E-state index in [2.05, 4.69) is 5.32 Å². The molecule has 0 saturated heterocycles. The maximum Gasteiger partial charge on any atom is 0.196 e. The smallest absolute Gasteiger partial charge is 0.196 e. The molecular weight excluding hydrogens is 271 g/mol. The van der Waals surface area contributed by atoms with Gasteiger partial charge in [0.25, 0.3) is 0 Å². The Balaban J connectivity index is 2.28. The molecule has 0 spiro atoms. The summed E-state index contributed by atoms with van der Waals surface area (Å²) in [5, 5.41) is 21.4. The highest BCUT2D eigenvalue weighted by molar-refractivity contribution is 5.48. The quantitative estimate of drug-likeness (QED) is 0.753. The molecule has 6 heteroatoms. The van der Waals surface area contributed by atoms with Crippen LogP contribution >= 0.6 is 0 Å². The van der Waals surface area contributed by atoms with Gasteiger partial charge in [-0.3, -0.25) is 0 Å². The molecule has 0 bridgehead atoms. The zero-order chi connectivity index (χ0) is 14.9. The van der Waals surface area contributed by atoms with Crippen molar-refractivity contribution in [1.29, 1.82) is 0 Å². The summed E-state index contributed by atoms with van der Waals surface area (Å²) in [4.78, 5) is 0. The van der Waals surface area contributed by atoms with Crippen LogP contribution in [0.15, 0.2) is 30.3 Å². The average Bonchev–Trinajstić information content (AvgIpc) is 2.38. The number of anilines is 1. The van der Waals surface area contributed by atoms with E-state index < -0.39 is 23.5 Å². The van der Waals surface area contributed by atoms with Gasteiger partial charge in [0.05, 0.1) is 5.69 Å². The zero-order valence-corrected chi connectivity index (χ0v) is 10.5. The van der Waals surface area contributed by atoms with Crippen molar-refractivity contribution in [1.82, 2.24) is 0 Å². The monoisotopic (exact) mass is 283 g/mol. The van der Waals surface area contributed by atoms with Gasteiger partial charge in [-0.1, -0.05) is 0 Å². The van der Waals surface area contributed by atoms with Crippen molar-refractivity contribution in [3.05, 3.63) is 53.3 Å². The molecule has 0 heterocycles. The molecule has 3 nitrogen and oxygen atoms in total. The van der Waals surface area contributed by atoms with Crippen molar-refractivity contribution >= 4 is 5.69 Å². The van der Waals surface area contributed by atoms with Crippen molar-refractivity contribution in [2.24, 2.45) is 0 Å². The van der Waals surface area contributed by atoms with Crippen LogP contribution in [0.2, 0.25) is 0 Å². The number of rotatable bonds is 3. The summed E-state index contributed by atoms with van der Waals surface area (Å²) in [6.45, 7) is 1.62. The summed E-state index contributed by atoms with van der Waals surface area (Å²) in [5.74, 6) is -4.45. The fourth-order valence-electron chi connectivity index (χ4n) is 1.82. The van der Waals surface area contributed by atoms with Crippen LogP contribution in [-0.4, -0.2) is 10.2 Å². The molecule has 2 aromatic carbocycles. The molecule has 0 radical (unpaired) electrons. The minimum absolute atomic E-state index is 0.153. The van der Waals surface area contributed by atoms with Crippen molar-refractivity contribution in [3.8, 4) is 11.5 Å². The number of phenolic OH excluding ortho intramolecular Hbond substituents is 2. The third-order valence-electron chi connectivity index (χ3n) is 2.83.